The highest BCUT2D eigenvalue weighted by atomic mass is 16.5. The third-order valence-corrected chi connectivity index (χ3v) is 6.80. The van der Waals surface area contributed by atoms with Crippen LogP contribution in [0.4, 0.5) is 0 Å². The normalized spacial score (nSPS) is 24.9. The van der Waals surface area contributed by atoms with Crippen molar-refractivity contribution in [3.05, 3.63) is 71.3 Å². The highest BCUT2D eigenvalue weighted by Gasteiger charge is 2.44. The SMILES string of the molecule is Cc1ccc(CC(=O)N[C@@]2(c3ccccc3)CCN(CCN3CCOCC3)C[C@H]2O)cc1. The molecule has 1 amide bonds. The largest absolute Gasteiger partial charge is 0.389 e. The number of aliphatic hydroxyl groups is 1. The van der Waals surface area contributed by atoms with Gasteiger partial charge in [0.15, 0.2) is 0 Å². The summed E-state index contributed by atoms with van der Waals surface area (Å²) in [6, 6.07) is 18.0. The van der Waals surface area contributed by atoms with E-state index >= 15 is 0 Å². The van der Waals surface area contributed by atoms with Crippen LogP contribution in [0.15, 0.2) is 54.6 Å². The number of nitrogens with one attached hydrogen (secondary N) is 1. The number of aliphatic hydroxyl groups excluding tert-OH is 1. The molecule has 2 aliphatic heterocycles. The summed E-state index contributed by atoms with van der Waals surface area (Å²) >= 11 is 0. The average Bonchev–Trinajstić information content (AvgIpc) is 2.82. The van der Waals surface area contributed by atoms with Crippen LogP contribution < -0.4 is 5.32 Å². The topological polar surface area (TPSA) is 65.0 Å². The Kier molecular flexibility index (Phi) is 7.58. The summed E-state index contributed by atoms with van der Waals surface area (Å²) in [5, 5.41) is 14.6. The molecule has 0 radical (unpaired) electrons. The number of β-amino-alcohol motifs (C(OH)–C–C–N with tert-alkyl or cyclic N) is 1. The lowest BCUT2D eigenvalue weighted by atomic mass is 9.78. The van der Waals surface area contributed by atoms with Crippen molar-refractivity contribution in [3.8, 4) is 0 Å². The summed E-state index contributed by atoms with van der Waals surface area (Å²) in [5.74, 6) is -0.0569. The van der Waals surface area contributed by atoms with Crippen molar-refractivity contribution in [2.45, 2.75) is 31.4 Å². The Hall–Kier alpha value is -2.25. The lowest BCUT2D eigenvalue weighted by Crippen LogP contribution is -2.62. The summed E-state index contributed by atoms with van der Waals surface area (Å²) < 4.78 is 5.43. The molecule has 2 N–H and O–H groups in total. The van der Waals surface area contributed by atoms with Crippen LogP contribution >= 0.6 is 0 Å². The van der Waals surface area contributed by atoms with Crippen molar-refractivity contribution < 1.29 is 14.6 Å². The number of amides is 1. The molecule has 2 fully saturated rings. The summed E-state index contributed by atoms with van der Waals surface area (Å²) in [5.41, 5.74) is 2.36. The van der Waals surface area contributed by atoms with Crippen molar-refractivity contribution in [3.63, 3.8) is 0 Å². The van der Waals surface area contributed by atoms with E-state index in [-0.39, 0.29) is 5.91 Å². The first kappa shape index (κ1) is 22.9. The van der Waals surface area contributed by atoms with E-state index in [1.807, 2.05) is 61.5 Å². The molecule has 0 saturated carbocycles. The zero-order chi connectivity index (χ0) is 22.4. The molecule has 2 aromatic rings. The van der Waals surface area contributed by atoms with Crippen molar-refractivity contribution in [2.24, 2.45) is 0 Å². The number of morpholine rings is 1. The van der Waals surface area contributed by atoms with Crippen LogP contribution in [0.25, 0.3) is 0 Å². The Morgan fingerprint density at radius 2 is 1.72 bits per heavy atom. The molecular weight excluding hydrogens is 402 g/mol. The number of benzene rings is 2. The number of aryl methyl sites for hydroxylation is 1. The standard InChI is InChI=1S/C26H35N3O3/c1-21-7-9-22(10-8-21)19-25(31)27-26(23-5-3-2-4-6-23)11-12-29(20-24(26)30)14-13-28-15-17-32-18-16-28/h2-10,24,30H,11-20H2,1H3,(H,27,31)/t24-,26-/m1/s1. The van der Waals surface area contributed by atoms with E-state index in [0.29, 0.717) is 19.4 Å². The van der Waals surface area contributed by atoms with Crippen molar-refractivity contribution >= 4 is 5.91 Å². The second kappa shape index (κ2) is 10.6. The van der Waals surface area contributed by atoms with Gasteiger partial charge in [-0.05, 0) is 24.5 Å². The molecule has 0 unspecified atom stereocenters. The van der Waals surface area contributed by atoms with Gasteiger partial charge in [-0.1, -0.05) is 60.2 Å². The zero-order valence-electron chi connectivity index (χ0n) is 19.0. The predicted octanol–water partition coefficient (Wildman–Crippen LogP) is 1.95. The Bertz CT molecular complexity index is 868. The van der Waals surface area contributed by atoms with E-state index in [4.69, 9.17) is 4.74 Å². The van der Waals surface area contributed by atoms with Gasteiger partial charge in [-0.15, -0.1) is 0 Å². The maximum absolute atomic E-state index is 13.0. The van der Waals surface area contributed by atoms with Gasteiger partial charge in [0.1, 0.15) is 0 Å². The monoisotopic (exact) mass is 437 g/mol. The van der Waals surface area contributed by atoms with E-state index in [9.17, 15) is 9.90 Å². The molecule has 0 aromatic heterocycles. The van der Waals surface area contributed by atoms with Crippen LogP contribution in [0.5, 0.6) is 0 Å². The molecule has 2 atom stereocenters. The molecule has 2 aliphatic rings. The quantitative estimate of drug-likeness (QED) is 0.693. The second-order valence-corrected chi connectivity index (χ2v) is 9.07. The molecule has 172 valence electrons. The smallest absolute Gasteiger partial charge is 0.225 e. The zero-order valence-corrected chi connectivity index (χ0v) is 19.0. The molecule has 4 rings (SSSR count). The predicted molar refractivity (Wildman–Crippen MR) is 125 cm³/mol. The van der Waals surface area contributed by atoms with Crippen LogP contribution in [-0.4, -0.2) is 79.4 Å². The molecule has 2 saturated heterocycles. The maximum atomic E-state index is 13.0. The van der Waals surface area contributed by atoms with Gasteiger partial charge in [-0.3, -0.25) is 14.6 Å². The minimum absolute atomic E-state index is 0.0569. The van der Waals surface area contributed by atoms with E-state index in [1.165, 1.54) is 5.56 Å². The van der Waals surface area contributed by atoms with Crippen molar-refractivity contribution in [2.75, 3.05) is 52.5 Å². The Labute approximate surface area is 191 Å². The van der Waals surface area contributed by atoms with Gasteiger partial charge in [0.05, 0.1) is 31.3 Å². The maximum Gasteiger partial charge on any atom is 0.225 e. The number of rotatable bonds is 7. The number of hydrogen-bond donors (Lipinski definition) is 2. The third-order valence-electron chi connectivity index (χ3n) is 6.80. The number of ether oxygens (including phenoxy) is 1. The second-order valence-electron chi connectivity index (χ2n) is 9.07. The van der Waals surface area contributed by atoms with Gasteiger partial charge in [-0.2, -0.15) is 0 Å². The Morgan fingerprint density at radius 3 is 2.41 bits per heavy atom. The number of piperidine rings is 1. The van der Waals surface area contributed by atoms with E-state index in [2.05, 4.69) is 15.1 Å². The first-order valence-electron chi connectivity index (χ1n) is 11.7. The van der Waals surface area contributed by atoms with Gasteiger partial charge < -0.3 is 15.2 Å². The van der Waals surface area contributed by atoms with E-state index in [1.54, 1.807) is 0 Å². The van der Waals surface area contributed by atoms with Gasteiger partial charge in [0.25, 0.3) is 0 Å². The first-order chi connectivity index (χ1) is 15.5. The summed E-state index contributed by atoms with van der Waals surface area (Å²) in [7, 11) is 0. The molecule has 0 aliphatic carbocycles. The highest BCUT2D eigenvalue weighted by molar-refractivity contribution is 5.79. The summed E-state index contributed by atoms with van der Waals surface area (Å²) in [6.45, 7) is 8.86. The lowest BCUT2D eigenvalue weighted by molar-refractivity contribution is -0.126. The number of carbonyl (C=O) groups excluding carboxylic acids is 1. The van der Waals surface area contributed by atoms with Crippen LogP contribution in [0.1, 0.15) is 23.1 Å². The molecule has 0 bridgehead atoms. The van der Waals surface area contributed by atoms with Crippen LogP contribution in [-0.2, 0) is 21.5 Å². The van der Waals surface area contributed by atoms with Crippen LogP contribution in [0, 0.1) is 6.92 Å². The van der Waals surface area contributed by atoms with Gasteiger partial charge in [0, 0.05) is 39.3 Å². The minimum atomic E-state index is -0.765. The number of hydrogen-bond acceptors (Lipinski definition) is 5. The minimum Gasteiger partial charge on any atom is -0.389 e. The van der Waals surface area contributed by atoms with Gasteiger partial charge in [0.2, 0.25) is 5.91 Å². The lowest BCUT2D eigenvalue weighted by Gasteiger charge is -2.46. The van der Waals surface area contributed by atoms with Crippen molar-refractivity contribution in [1.82, 2.24) is 15.1 Å². The molecule has 6 nitrogen and oxygen atoms in total. The van der Waals surface area contributed by atoms with Crippen molar-refractivity contribution in [1.29, 1.82) is 0 Å². The molecule has 32 heavy (non-hydrogen) atoms. The number of nitrogens with zero attached hydrogens (tertiary/aromatic N) is 2. The number of carbonyl (C=O) groups is 1. The molecule has 6 heteroatoms. The fourth-order valence-electron chi connectivity index (χ4n) is 4.78. The first-order valence-corrected chi connectivity index (χ1v) is 11.7. The molecule has 2 aromatic carbocycles. The van der Waals surface area contributed by atoms with Gasteiger partial charge in [-0.25, -0.2) is 0 Å². The molecule has 2 heterocycles. The Balaban J connectivity index is 1.43. The van der Waals surface area contributed by atoms with Crippen LogP contribution in [0.2, 0.25) is 0 Å². The number of likely N-dealkylation sites (tertiary alicyclic amines) is 1. The summed E-state index contributed by atoms with van der Waals surface area (Å²) in [4.78, 5) is 17.8. The van der Waals surface area contributed by atoms with E-state index in [0.717, 1.165) is 57.1 Å². The third kappa shape index (κ3) is 5.56. The Morgan fingerprint density at radius 1 is 1.03 bits per heavy atom. The average molecular weight is 438 g/mol. The van der Waals surface area contributed by atoms with Gasteiger partial charge >= 0.3 is 0 Å². The highest BCUT2D eigenvalue weighted by Crippen LogP contribution is 2.33. The van der Waals surface area contributed by atoms with E-state index < -0.39 is 11.6 Å². The molecular formula is C26H35N3O3. The molecule has 0 spiro atoms. The van der Waals surface area contributed by atoms with Crippen LogP contribution in [0.3, 0.4) is 0 Å². The summed E-state index contributed by atoms with van der Waals surface area (Å²) in [6.07, 6.45) is 0.314. The fourth-order valence-corrected chi connectivity index (χ4v) is 4.78. The fraction of sp³-hybridized carbons (Fsp3) is 0.500.